The van der Waals surface area contributed by atoms with Crippen LogP contribution in [0.3, 0.4) is 0 Å². The minimum Gasteiger partial charge on any atom is -0.469 e. The number of ether oxygens (including phenoxy) is 1. The molecule has 1 heterocycles. The molecule has 0 bridgehead atoms. The predicted octanol–water partition coefficient (Wildman–Crippen LogP) is 2.16. The summed E-state index contributed by atoms with van der Waals surface area (Å²) in [6, 6.07) is 10.9. The minimum atomic E-state index is -0.0329. The molecule has 17 heavy (non-hydrogen) atoms. The van der Waals surface area contributed by atoms with Crippen molar-refractivity contribution in [2.24, 2.45) is 0 Å². The van der Waals surface area contributed by atoms with E-state index < -0.39 is 0 Å². The van der Waals surface area contributed by atoms with Gasteiger partial charge in [0.2, 0.25) is 5.88 Å². The lowest BCUT2D eigenvalue weighted by Gasteiger charge is -2.06. The fraction of sp³-hybridized carbons (Fsp3) is 0.231. The van der Waals surface area contributed by atoms with Crippen molar-refractivity contribution in [2.75, 3.05) is 6.61 Å². The molecule has 4 heteroatoms. The van der Waals surface area contributed by atoms with E-state index in [0.29, 0.717) is 11.4 Å². The van der Waals surface area contributed by atoms with Crippen LogP contribution in [0.4, 0.5) is 0 Å². The Bertz CT molecular complexity index is 491. The number of ketones is 1. The van der Waals surface area contributed by atoms with Crippen LogP contribution < -0.4 is 4.74 Å². The molecule has 1 aromatic heterocycles. The molecule has 0 aliphatic heterocycles. The molecule has 0 aliphatic rings. The van der Waals surface area contributed by atoms with Gasteiger partial charge in [0, 0.05) is 18.2 Å². The average Bonchev–Trinajstić information content (AvgIpc) is 2.84. The number of carbonyl (C=O) groups is 1. The topological polar surface area (TPSA) is 44.1 Å². The Balaban J connectivity index is 1.97. The van der Waals surface area contributed by atoms with Crippen molar-refractivity contribution < 1.29 is 9.53 Å². The summed E-state index contributed by atoms with van der Waals surface area (Å²) >= 11 is 0. The standard InChI is InChI=1S/C13H14N2O2/c1-2-15-13(8-9-14-15)17-10-12(16)11-6-4-3-5-7-11/h3-9H,2,10H2,1H3. The van der Waals surface area contributed by atoms with Gasteiger partial charge in [0.15, 0.2) is 12.4 Å². The van der Waals surface area contributed by atoms with Gasteiger partial charge in [0.25, 0.3) is 0 Å². The third kappa shape index (κ3) is 2.72. The third-order valence-corrected chi connectivity index (χ3v) is 2.42. The SMILES string of the molecule is CCn1nccc1OCC(=O)c1ccccc1. The summed E-state index contributed by atoms with van der Waals surface area (Å²) in [5, 5.41) is 4.07. The molecule has 0 aliphatic carbocycles. The predicted molar refractivity (Wildman–Crippen MR) is 64.2 cm³/mol. The Hall–Kier alpha value is -2.10. The van der Waals surface area contributed by atoms with Crippen LogP contribution >= 0.6 is 0 Å². The Kier molecular flexibility index (Phi) is 3.55. The molecule has 2 rings (SSSR count). The van der Waals surface area contributed by atoms with E-state index in [1.54, 1.807) is 29.1 Å². The van der Waals surface area contributed by atoms with E-state index in [4.69, 9.17) is 4.74 Å². The fourth-order valence-electron chi connectivity index (χ4n) is 1.53. The van der Waals surface area contributed by atoms with Gasteiger partial charge in [0.1, 0.15) is 0 Å². The van der Waals surface area contributed by atoms with Gasteiger partial charge in [-0.1, -0.05) is 30.3 Å². The zero-order valence-corrected chi connectivity index (χ0v) is 9.67. The minimum absolute atomic E-state index is 0.0329. The molecule has 88 valence electrons. The number of nitrogens with zero attached hydrogens (tertiary/aromatic N) is 2. The van der Waals surface area contributed by atoms with E-state index in [1.807, 2.05) is 25.1 Å². The van der Waals surface area contributed by atoms with Crippen molar-refractivity contribution in [3.05, 3.63) is 48.2 Å². The second-order valence-corrected chi connectivity index (χ2v) is 3.56. The number of benzene rings is 1. The summed E-state index contributed by atoms with van der Waals surface area (Å²) in [6.07, 6.45) is 1.66. The summed E-state index contributed by atoms with van der Waals surface area (Å²) in [4.78, 5) is 11.8. The second-order valence-electron chi connectivity index (χ2n) is 3.56. The highest BCUT2D eigenvalue weighted by molar-refractivity contribution is 5.97. The number of carbonyl (C=O) groups excluding carboxylic acids is 1. The van der Waals surface area contributed by atoms with E-state index in [-0.39, 0.29) is 12.4 Å². The van der Waals surface area contributed by atoms with Gasteiger partial charge >= 0.3 is 0 Å². The lowest BCUT2D eigenvalue weighted by molar-refractivity contribution is 0.0914. The van der Waals surface area contributed by atoms with E-state index in [9.17, 15) is 4.79 Å². The molecule has 0 N–H and O–H groups in total. The van der Waals surface area contributed by atoms with Crippen LogP contribution in [-0.4, -0.2) is 22.2 Å². The first-order valence-electron chi connectivity index (χ1n) is 5.54. The van der Waals surface area contributed by atoms with Gasteiger partial charge in [-0.2, -0.15) is 5.10 Å². The average molecular weight is 230 g/mol. The molecule has 0 atom stereocenters. The van der Waals surface area contributed by atoms with Crippen LogP contribution in [0.1, 0.15) is 17.3 Å². The molecular formula is C13H14N2O2. The van der Waals surface area contributed by atoms with E-state index in [2.05, 4.69) is 5.10 Å². The van der Waals surface area contributed by atoms with Crippen molar-refractivity contribution >= 4 is 5.78 Å². The van der Waals surface area contributed by atoms with Crippen LogP contribution in [0.25, 0.3) is 0 Å². The molecule has 0 fully saturated rings. The summed E-state index contributed by atoms with van der Waals surface area (Å²) in [7, 11) is 0. The Morgan fingerprint density at radius 3 is 2.76 bits per heavy atom. The summed E-state index contributed by atoms with van der Waals surface area (Å²) < 4.78 is 7.14. The lowest BCUT2D eigenvalue weighted by atomic mass is 10.1. The van der Waals surface area contributed by atoms with Gasteiger partial charge in [-0.15, -0.1) is 0 Å². The zero-order chi connectivity index (χ0) is 12.1. The van der Waals surface area contributed by atoms with Gasteiger partial charge in [-0.3, -0.25) is 4.79 Å². The first-order chi connectivity index (χ1) is 8.31. The van der Waals surface area contributed by atoms with Crippen LogP contribution in [0, 0.1) is 0 Å². The summed E-state index contributed by atoms with van der Waals surface area (Å²) in [5.74, 6) is 0.589. The number of Topliss-reactive ketones (excluding diaryl/α,β-unsaturated/α-hetero) is 1. The maximum atomic E-state index is 11.8. The highest BCUT2D eigenvalue weighted by Crippen LogP contribution is 2.10. The Morgan fingerprint density at radius 1 is 1.29 bits per heavy atom. The highest BCUT2D eigenvalue weighted by atomic mass is 16.5. The van der Waals surface area contributed by atoms with Gasteiger partial charge in [0.05, 0.1) is 6.20 Å². The first-order valence-corrected chi connectivity index (χ1v) is 5.54. The third-order valence-electron chi connectivity index (χ3n) is 2.42. The van der Waals surface area contributed by atoms with Crippen molar-refractivity contribution in [1.29, 1.82) is 0 Å². The van der Waals surface area contributed by atoms with Crippen molar-refractivity contribution in [3.8, 4) is 5.88 Å². The lowest BCUT2D eigenvalue weighted by Crippen LogP contribution is -2.13. The van der Waals surface area contributed by atoms with E-state index in [1.165, 1.54) is 0 Å². The number of aryl methyl sites for hydroxylation is 1. The maximum Gasteiger partial charge on any atom is 0.212 e. The molecule has 0 saturated heterocycles. The van der Waals surface area contributed by atoms with Gasteiger partial charge in [-0.05, 0) is 6.92 Å². The molecular weight excluding hydrogens is 216 g/mol. The zero-order valence-electron chi connectivity index (χ0n) is 9.67. The molecule has 0 radical (unpaired) electrons. The van der Waals surface area contributed by atoms with E-state index >= 15 is 0 Å². The second kappa shape index (κ2) is 5.30. The van der Waals surface area contributed by atoms with Crippen molar-refractivity contribution in [3.63, 3.8) is 0 Å². The highest BCUT2D eigenvalue weighted by Gasteiger charge is 2.08. The molecule has 0 unspecified atom stereocenters. The molecule has 1 aromatic carbocycles. The summed E-state index contributed by atoms with van der Waals surface area (Å²) in [5.41, 5.74) is 0.662. The number of rotatable bonds is 5. The number of hydrogen-bond donors (Lipinski definition) is 0. The molecule has 4 nitrogen and oxygen atoms in total. The number of hydrogen-bond acceptors (Lipinski definition) is 3. The van der Waals surface area contributed by atoms with Crippen LogP contribution in [-0.2, 0) is 6.54 Å². The normalized spacial score (nSPS) is 10.2. The summed E-state index contributed by atoms with van der Waals surface area (Å²) in [6.45, 7) is 2.73. The maximum absolute atomic E-state index is 11.8. The van der Waals surface area contributed by atoms with Crippen LogP contribution in [0.2, 0.25) is 0 Å². The quantitative estimate of drug-likeness (QED) is 0.739. The molecule has 0 saturated carbocycles. The smallest absolute Gasteiger partial charge is 0.212 e. The van der Waals surface area contributed by atoms with Crippen LogP contribution in [0.15, 0.2) is 42.6 Å². The molecule has 0 amide bonds. The fourth-order valence-corrected chi connectivity index (χ4v) is 1.53. The Labute approximate surface area is 99.8 Å². The van der Waals surface area contributed by atoms with Crippen LogP contribution in [0.5, 0.6) is 5.88 Å². The van der Waals surface area contributed by atoms with Gasteiger partial charge < -0.3 is 4.74 Å². The largest absolute Gasteiger partial charge is 0.469 e. The van der Waals surface area contributed by atoms with E-state index in [0.717, 1.165) is 6.54 Å². The monoisotopic (exact) mass is 230 g/mol. The van der Waals surface area contributed by atoms with Crippen molar-refractivity contribution in [2.45, 2.75) is 13.5 Å². The molecule has 0 spiro atoms. The molecule has 2 aromatic rings. The van der Waals surface area contributed by atoms with Crippen molar-refractivity contribution in [1.82, 2.24) is 9.78 Å². The Morgan fingerprint density at radius 2 is 2.06 bits per heavy atom. The van der Waals surface area contributed by atoms with Gasteiger partial charge in [-0.25, -0.2) is 4.68 Å². The first kappa shape index (κ1) is 11.4. The number of aromatic nitrogens is 2.